The number of carboxylic acid groups (broad SMARTS) is 1. The first-order valence-electron chi connectivity index (χ1n) is 6.24. The molecule has 1 heterocycles. The normalized spacial score (nSPS) is 11.8. The van der Waals surface area contributed by atoms with Gasteiger partial charge in [0.15, 0.2) is 0 Å². The van der Waals surface area contributed by atoms with E-state index in [1.165, 1.54) is 0 Å². The fourth-order valence-corrected chi connectivity index (χ4v) is 1.76. The highest BCUT2D eigenvalue weighted by Gasteiger charge is 2.11. The summed E-state index contributed by atoms with van der Waals surface area (Å²) in [7, 11) is 0. The molecule has 0 aliphatic heterocycles. The van der Waals surface area contributed by atoms with Gasteiger partial charge in [-0.25, -0.2) is 0 Å². The Kier molecular flexibility index (Phi) is 4.68. The Bertz CT molecular complexity index is 572. The van der Waals surface area contributed by atoms with E-state index in [9.17, 15) is 4.79 Å². The van der Waals surface area contributed by atoms with Crippen LogP contribution in [-0.2, 0) is 11.4 Å². The highest BCUT2D eigenvalue weighted by atomic mass is 16.5. The van der Waals surface area contributed by atoms with Crippen molar-refractivity contribution in [2.45, 2.75) is 19.1 Å². The molecular formula is C15H16N2O3. The molecule has 2 aromatic rings. The lowest BCUT2D eigenvalue weighted by molar-refractivity contribution is -0.137. The number of hydrogen-bond acceptors (Lipinski definition) is 4. The lowest BCUT2D eigenvalue weighted by atomic mass is 10.1. The number of carbonyl (C=O) groups is 1. The minimum atomic E-state index is -0.937. The molecule has 1 aromatic carbocycles. The molecule has 2 rings (SSSR count). The van der Waals surface area contributed by atoms with Gasteiger partial charge in [-0.1, -0.05) is 30.3 Å². The SMILES string of the molecule is NC(CC(=O)O)c1cncc(OCc2ccccc2)c1. The summed E-state index contributed by atoms with van der Waals surface area (Å²) in [5, 5.41) is 8.73. The average molecular weight is 272 g/mol. The van der Waals surface area contributed by atoms with E-state index in [2.05, 4.69) is 4.98 Å². The van der Waals surface area contributed by atoms with Crippen LogP contribution in [0.2, 0.25) is 0 Å². The third-order valence-corrected chi connectivity index (χ3v) is 2.81. The molecule has 0 saturated heterocycles. The summed E-state index contributed by atoms with van der Waals surface area (Å²) in [5.41, 5.74) is 7.50. The zero-order chi connectivity index (χ0) is 14.4. The molecule has 0 amide bonds. The monoisotopic (exact) mass is 272 g/mol. The summed E-state index contributed by atoms with van der Waals surface area (Å²) < 4.78 is 5.62. The Hall–Kier alpha value is -2.40. The number of aromatic nitrogens is 1. The number of nitrogens with two attached hydrogens (primary N) is 1. The average Bonchev–Trinajstić information content (AvgIpc) is 2.46. The smallest absolute Gasteiger partial charge is 0.305 e. The topological polar surface area (TPSA) is 85.4 Å². The number of ether oxygens (including phenoxy) is 1. The summed E-state index contributed by atoms with van der Waals surface area (Å²) in [6, 6.07) is 10.9. The van der Waals surface area contributed by atoms with Crippen molar-refractivity contribution in [3.8, 4) is 5.75 Å². The maximum absolute atomic E-state index is 10.6. The molecule has 0 fully saturated rings. The molecular weight excluding hydrogens is 256 g/mol. The minimum Gasteiger partial charge on any atom is -0.487 e. The Labute approximate surface area is 117 Å². The third-order valence-electron chi connectivity index (χ3n) is 2.81. The van der Waals surface area contributed by atoms with Crippen LogP contribution in [0.3, 0.4) is 0 Å². The molecule has 0 aliphatic rings. The largest absolute Gasteiger partial charge is 0.487 e. The van der Waals surface area contributed by atoms with E-state index < -0.39 is 12.0 Å². The zero-order valence-corrected chi connectivity index (χ0v) is 10.9. The van der Waals surface area contributed by atoms with Gasteiger partial charge in [-0.2, -0.15) is 0 Å². The Morgan fingerprint density at radius 1 is 1.30 bits per heavy atom. The number of nitrogens with zero attached hydrogens (tertiary/aromatic N) is 1. The van der Waals surface area contributed by atoms with E-state index >= 15 is 0 Å². The standard InChI is InChI=1S/C15H16N2O3/c16-14(7-15(18)19)12-6-13(9-17-8-12)20-10-11-4-2-1-3-5-11/h1-6,8-9,14H,7,10,16H2,(H,18,19). The van der Waals surface area contributed by atoms with Gasteiger partial charge in [-0.15, -0.1) is 0 Å². The molecule has 20 heavy (non-hydrogen) atoms. The first-order valence-corrected chi connectivity index (χ1v) is 6.24. The predicted molar refractivity (Wildman–Crippen MR) is 74.2 cm³/mol. The van der Waals surface area contributed by atoms with Gasteiger partial charge in [0.05, 0.1) is 12.6 Å². The summed E-state index contributed by atoms with van der Waals surface area (Å²) >= 11 is 0. The maximum atomic E-state index is 10.6. The number of carboxylic acids is 1. The number of benzene rings is 1. The zero-order valence-electron chi connectivity index (χ0n) is 10.9. The molecule has 0 saturated carbocycles. The van der Waals surface area contributed by atoms with Gasteiger partial charge in [0.25, 0.3) is 0 Å². The van der Waals surface area contributed by atoms with E-state index in [0.717, 1.165) is 5.56 Å². The summed E-state index contributed by atoms with van der Waals surface area (Å²) in [5.74, 6) is -0.361. The molecule has 1 atom stereocenters. The van der Waals surface area contributed by atoms with E-state index in [1.54, 1.807) is 18.5 Å². The summed E-state index contributed by atoms with van der Waals surface area (Å²) in [6.45, 7) is 0.431. The van der Waals surface area contributed by atoms with Crippen LogP contribution in [0.4, 0.5) is 0 Å². The lowest BCUT2D eigenvalue weighted by Gasteiger charge is -2.11. The maximum Gasteiger partial charge on any atom is 0.305 e. The molecule has 0 spiro atoms. The van der Waals surface area contributed by atoms with Crippen molar-refractivity contribution >= 4 is 5.97 Å². The van der Waals surface area contributed by atoms with Crippen molar-refractivity contribution in [1.82, 2.24) is 4.98 Å². The molecule has 0 bridgehead atoms. The Morgan fingerprint density at radius 3 is 2.75 bits per heavy atom. The lowest BCUT2D eigenvalue weighted by Crippen LogP contribution is -2.15. The Morgan fingerprint density at radius 2 is 2.05 bits per heavy atom. The Balaban J connectivity index is 2.01. The van der Waals surface area contributed by atoms with Crippen LogP contribution in [0.15, 0.2) is 48.8 Å². The van der Waals surface area contributed by atoms with Crippen molar-refractivity contribution in [3.63, 3.8) is 0 Å². The molecule has 5 heteroatoms. The van der Waals surface area contributed by atoms with Gasteiger partial charge >= 0.3 is 5.97 Å². The summed E-state index contributed by atoms with van der Waals surface area (Å²) in [4.78, 5) is 14.7. The van der Waals surface area contributed by atoms with Crippen molar-refractivity contribution in [2.75, 3.05) is 0 Å². The molecule has 0 radical (unpaired) electrons. The fourth-order valence-electron chi connectivity index (χ4n) is 1.76. The third kappa shape index (κ3) is 4.07. The van der Waals surface area contributed by atoms with Crippen LogP contribution in [0, 0.1) is 0 Å². The molecule has 0 aliphatic carbocycles. The van der Waals surface area contributed by atoms with Crippen LogP contribution in [0.5, 0.6) is 5.75 Å². The minimum absolute atomic E-state index is 0.135. The van der Waals surface area contributed by atoms with Gasteiger partial charge in [0.1, 0.15) is 12.4 Å². The van der Waals surface area contributed by atoms with Gasteiger partial charge in [0, 0.05) is 12.2 Å². The van der Waals surface area contributed by atoms with E-state index in [1.807, 2.05) is 30.3 Å². The predicted octanol–water partition coefficient (Wildman–Crippen LogP) is 2.14. The van der Waals surface area contributed by atoms with Crippen LogP contribution >= 0.6 is 0 Å². The van der Waals surface area contributed by atoms with Crippen LogP contribution in [0.1, 0.15) is 23.6 Å². The fraction of sp³-hybridized carbons (Fsp3) is 0.200. The van der Waals surface area contributed by atoms with Crippen molar-refractivity contribution in [2.24, 2.45) is 5.73 Å². The second-order valence-corrected chi connectivity index (χ2v) is 4.43. The van der Waals surface area contributed by atoms with Gasteiger partial charge in [0.2, 0.25) is 0 Å². The van der Waals surface area contributed by atoms with Crippen molar-refractivity contribution in [3.05, 3.63) is 59.9 Å². The number of hydrogen-bond donors (Lipinski definition) is 2. The van der Waals surface area contributed by atoms with E-state index in [0.29, 0.717) is 17.9 Å². The quantitative estimate of drug-likeness (QED) is 0.841. The second-order valence-electron chi connectivity index (χ2n) is 4.43. The second kappa shape index (κ2) is 6.68. The van der Waals surface area contributed by atoms with Gasteiger partial charge < -0.3 is 15.6 Å². The first kappa shape index (κ1) is 14.0. The van der Waals surface area contributed by atoms with Gasteiger partial charge in [-0.3, -0.25) is 9.78 Å². The van der Waals surface area contributed by atoms with E-state index in [4.69, 9.17) is 15.6 Å². The van der Waals surface area contributed by atoms with Crippen LogP contribution < -0.4 is 10.5 Å². The summed E-state index contributed by atoms with van der Waals surface area (Å²) in [6.07, 6.45) is 3.01. The number of rotatable bonds is 6. The molecule has 5 nitrogen and oxygen atoms in total. The number of pyridine rings is 1. The molecule has 1 aromatic heterocycles. The molecule has 1 unspecified atom stereocenters. The van der Waals surface area contributed by atoms with Crippen molar-refractivity contribution in [1.29, 1.82) is 0 Å². The van der Waals surface area contributed by atoms with Gasteiger partial charge in [-0.05, 0) is 17.2 Å². The highest BCUT2D eigenvalue weighted by molar-refractivity contribution is 5.67. The van der Waals surface area contributed by atoms with Crippen LogP contribution in [0.25, 0.3) is 0 Å². The van der Waals surface area contributed by atoms with E-state index in [-0.39, 0.29) is 6.42 Å². The molecule has 3 N–H and O–H groups in total. The molecule has 104 valence electrons. The van der Waals surface area contributed by atoms with Crippen molar-refractivity contribution < 1.29 is 14.6 Å². The number of aliphatic carboxylic acids is 1. The highest BCUT2D eigenvalue weighted by Crippen LogP contribution is 2.19. The van der Waals surface area contributed by atoms with Crippen LogP contribution in [-0.4, -0.2) is 16.1 Å². The first-order chi connectivity index (χ1) is 9.65.